The zero-order chi connectivity index (χ0) is 17.8. The Morgan fingerprint density at radius 3 is 2.72 bits per heavy atom. The molecule has 8 nitrogen and oxygen atoms in total. The molecular weight excluding hydrogens is 324 g/mol. The quantitative estimate of drug-likeness (QED) is 0.733. The van der Waals surface area contributed by atoms with Gasteiger partial charge in [-0.05, 0) is 37.5 Å². The van der Waals surface area contributed by atoms with Gasteiger partial charge in [-0.25, -0.2) is 4.79 Å². The Kier molecular flexibility index (Phi) is 3.40. The summed E-state index contributed by atoms with van der Waals surface area (Å²) in [5.74, 6) is -0.315. The van der Waals surface area contributed by atoms with E-state index in [1.165, 1.54) is 6.07 Å². The van der Waals surface area contributed by atoms with Crippen LogP contribution in [0.15, 0.2) is 16.9 Å². The van der Waals surface area contributed by atoms with Gasteiger partial charge in [0.15, 0.2) is 0 Å². The second kappa shape index (κ2) is 5.38. The Labute approximate surface area is 142 Å². The highest BCUT2D eigenvalue weighted by Crippen LogP contribution is 2.34. The third-order valence-electron chi connectivity index (χ3n) is 5.06. The molecule has 0 aliphatic carbocycles. The average Bonchev–Trinajstić information content (AvgIpc) is 3.02. The molecule has 3 heterocycles. The van der Waals surface area contributed by atoms with E-state index < -0.39 is 5.97 Å². The summed E-state index contributed by atoms with van der Waals surface area (Å²) in [5.41, 5.74) is 1.51. The van der Waals surface area contributed by atoms with Gasteiger partial charge in [0.1, 0.15) is 5.82 Å². The molecule has 4 rings (SSSR count). The van der Waals surface area contributed by atoms with Crippen LogP contribution in [0.4, 0.5) is 0 Å². The van der Waals surface area contributed by atoms with Crippen molar-refractivity contribution >= 4 is 22.6 Å². The predicted octanol–water partition coefficient (Wildman–Crippen LogP) is 1.65. The maximum absolute atomic E-state index is 12.4. The van der Waals surface area contributed by atoms with Gasteiger partial charge in [-0.1, -0.05) is 6.92 Å². The lowest BCUT2D eigenvalue weighted by atomic mass is 9.81. The van der Waals surface area contributed by atoms with Crippen LogP contribution < -0.4 is 5.56 Å². The van der Waals surface area contributed by atoms with Crippen molar-refractivity contribution in [2.45, 2.75) is 32.1 Å². The Morgan fingerprint density at radius 2 is 2.04 bits per heavy atom. The average molecular weight is 342 g/mol. The molecule has 25 heavy (non-hydrogen) atoms. The number of aromatic carboxylic acids is 1. The summed E-state index contributed by atoms with van der Waals surface area (Å²) in [6.45, 7) is 5.10. The van der Waals surface area contributed by atoms with E-state index in [1.54, 1.807) is 17.4 Å². The van der Waals surface area contributed by atoms with Crippen LogP contribution in [-0.2, 0) is 10.2 Å². The second-order valence-electron chi connectivity index (χ2n) is 6.80. The lowest BCUT2D eigenvalue weighted by Gasteiger charge is -2.31. The SMILES string of the molecule is Cc1cc2c(cc1C(=O)O)[nH]c(=O)c1nnc(C3(C)CCOCC3)n12. The third-order valence-corrected chi connectivity index (χ3v) is 5.06. The minimum absolute atomic E-state index is 0.161. The van der Waals surface area contributed by atoms with Gasteiger partial charge in [-0.2, -0.15) is 0 Å². The number of carbonyl (C=O) groups is 1. The lowest BCUT2D eigenvalue weighted by molar-refractivity contribution is 0.0533. The van der Waals surface area contributed by atoms with Crippen molar-refractivity contribution in [2.24, 2.45) is 0 Å². The fourth-order valence-corrected chi connectivity index (χ4v) is 3.48. The van der Waals surface area contributed by atoms with Crippen molar-refractivity contribution < 1.29 is 14.6 Å². The number of aromatic amines is 1. The number of aromatic nitrogens is 4. The van der Waals surface area contributed by atoms with E-state index in [9.17, 15) is 14.7 Å². The third kappa shape index (κ3) is 2.32. The van der Waals surface area contributed by atoms with Gasteiger partial charge in [0, 0.05) is 18.6 Å². The second-order valence-corrected chi connectivity index (χ2v) is 6.80. The number of hydrogen-bond acceptors (Lipinski definition) is 5. The van der Waals surface area contributed by atoms with Crippen molar-refractivity contribution in [1.29, 1.82) is 0 Å². The number of H-pyrrole nitrogens is 1. The number of nitrogens with one attached hydrogen (secondary N) is 1. The van der Waals surface area contributed by atoms with Crippen LogP contribution in [0, 0.1) is 6.92 Å². The van der Waals surface area contributed by atoms with E-state index in [-0.39, 0.29) is 22.2 Å². The summed E-state index contributed by atoms with van der Waals surface area (Å²) >= 11 is 0. The van der Waals surface area contributed by atoms with Gasteiger partial charge < -0.3 is 14.8 Å². The molecule has 0 bridgehead atoms. The van der Waals surface area contributed by atoms with Crippen molar-refractivity contribution in [3.63, 3.8) is 0 Å². The summed E-state index contributed by atoms with van der Waals surface area (Å²) in [7, 11) is 0. The zero-order valence-corrected chi connectivity index (χ0v) is 14.0. The Hall–Kier alpha value is -2.74. The molecule has 0 atom stereocenters. The first-order valence-electron chi connectivity index (χ1n) is 8.14. The number of nitrogens with zero attached hydrogens (tertiary/aromatic N) is 3. The minimum atomic E-state index is -1.03. The van der Waals surface area contributed by atoms with Crippen LogP contribution in [0.3, 0.4) is 0 Å². The standard InChI is InChI=1S/C17H18N4O4/c1-9-7-12-11(8-10(9)15(23)24)18-14(22)13-19-20-16(21(12)13)17(2)3-5-25-6-4-17/h7-8H,3-6H2,1-2H3,(H,18,22)(H,23,24). The molecule has 1 aliphatic rings. The van der Waals surface area contributed by atoms with Crippen molar-refractivity contribution in [3.05, 3.63) is 39.4 Å². The molecule has 1 fully saturated rings. The van der Waals surface area contributed by atoms with Crippen LogP contribution in [0.2, 0.25) is 0 Å². The first-order chi connectivity index (χ1) is 11.9. The summed E-state index contributed by atoms with van der Waals surface area (Å²) in [6, 6.07) is 3.25. The molecule has 3 aromatic rings. The highest BCUT2D eigenvalue weighted by molar-refractivity contribution is 5.94. The summed E-state index contributed by atoms with van der Waals surface area (Å²) in [5, 5.41) is 17.7. The smallest absolute Gasteiger partial charge is 0.336 e. The van der Waals surface area contributed by atoms with Crippen LogP contribution in [0.5, 0.6) is 0 Å². The molecule has 8 heteroatoms. The molecular formula is C17H18N4O4. The van der Waals surface area contributed by atoms with E-state index in [0.717, 1.165) is 12.8 Å². The van der Waals surface area contributed by atoms with Crippen LogP contribution in [0.1, 0.15) is 41.5 Å². The molecule has 0 unspecified atom stereocenters. The number of aryl methyl sites for hydroxylation is 1. The zero-order valence-electron chi connectivity index (χ0n) is 14.0. The van der Waals surface area contributed by atoms with Gasteiger partial charge in [-0.15, -0.1) is 10.2 Å². The fourth-order valence-electron chi connectivity index (χ4n) is 3.48. The summed E-state index contributed by atoms with van der Waals surface area (Å²) < 4.78 is 7.22. The number of hydrogen-bond donors (Lipinski definition) is 2. The topological polar surface area (TPSA) is 110 Å². The largest absolute Gasteiger partial charge is 0.478 e. The minimum Gasteiger partial charge on any atom is -0.478 e. The van der Waals surface area contributed by atoms with Gasteiger partial charge in [0.25, 0.3) is 5.56 Å². The van der Waals surface area contributed by atoms with Crippen molar-refractivity contribution in [2.75, 3.05) is 13.2 Å². The number of carboxylic acid groups (broad SMARTS) is 1. The highest BCUT2D eigenvalue weighted by atomic mass is 16.5. The van der Waals surface area contributed by atoms with Crippen molar-refractivity contribution in [1.82, 2.24) is 19.6 Å². The molecule has 1 saturated heterocycles. The molecule has 130 valence electrons. The van der Waals surface area contributed by atoms with Crippen LogP contribution in [0.25, 0.3) is 16.7 Å². The Bertz CT molecular complexity index is 1060. The monoisotopic (exact) mass is 342 g/mol. The molecule has 1 aromatic carbocycles. The number of fused-ring (bicyclic) bond motifs is 3. The van der Waals surface area contributed by atoms with Gasteiger partial charge in [0.05, 0.1) is 16.6 Å². The molecule has 2 aromatic heterocycles. The maximum atomic E-state index is 12.4. The number of rotatable bonds is 2. The number of benzene rings is 1. The van der Waals surface area contributed by atoms with Gasteiger partial charge in [0.2, 0.25) is 5.65 Å². The fraction of sp³-hybridized carbons (Fsp3) is 0.412. The van der Waals surface area contributed by atoms with Crippen LogP contribution >= 0.6 is 0 Å². The van der Waals surface area contributed by atoms with E-state index >= 15 is 0 Å². The predicted molar refractivity (Wildman–Crippen MR) is 90.2 cm³/mol. The van der Waals surface area contributed by atoms with E-state index in [0.29, 0.717) is 35.6 Å². The number of carboxylic acids is 1. The lowest BCUT2D eigenvalue weighted by Crippen LogP contribution is -2.33. The van der Waals surface area contributed by atoms with E-state index in [1.807, 2.05) is 0 Å². The Morgan fingerprint density at radius 1 is 1.32 bits per heavy atom. The first kappa shape index (κ1) is 15.8. The molecule has 0 radical (unpaired) electrons. The molecule has 2 N–H and O–H groups in total. The highest BCUT2D eigenvalue weighted by Gasteiger charge is 2.35. The Balaban J connectivity index is 2.08. The van der Waals surface area contributed by atoms with Gasteiger partial charge >= 0.3 is 5.97 Å². The van der Waals surface area contributed by atoms with E-state index in [2.05, 4.69) is 22.1 Å². The van der Waals surface area contributed by atoms with E-state index in [4.69, 9.17) is 4.74 Å². The molecule has 0 amide bonds. The molecule has 0 saturated carbocycles. The van der Waals surface area contributed by atoms with Gasteiger partial charge in [-0.3, -0.25) is 9.20 Å². The number of ether oxygens (including phenoxy) is 1. The molecule has 1 aliphatic heterocycles. The van der Waals surface area contributed by atoms with Crippen LogP contribution in [-0.4, -0.2) is 43.9 Å². The molecule has 0 spiro atoms. The maximum Gasteiger partial charge on any atom is 0.336 e. The first-order valence-corrected chi connectivity index (χ1v) is 8.14. The van der Waals surface area contributed by atoms with Crippen molar-refractivity contribution in [3.8, 4) is 0 Å². The normalized spacial score (nSPS) is 17.2. The summed E-state index contributed by atoms with van der Waals surface area (Å²) in [4.78, 5) is 26.5. The summed E-state index contributed by atoms with van der Waals surface area (Å²) in [6.07, 6.45) is 1.57.